The van der Waals surface area contributed by atoms with Crippen molar-refractivity contribution in [2.45, 2.75) is 57.0 Å². The van der Waals surface area contributed by atoms with Gasteiger partial charge in [-0.05, 0) is 19.3 Å². The van der Waals surface area contributed by atoms with Crippen molar-refractivity contribution in [3.05, 3.63) is 36.5 Å². The van der Waals surface area contributed by atoms with Gasteiger partial charge in [-0.15, -0.1) is 0 Å². The Morgan fingerprint density at radius 3 is 2.65 bits per heavy atom. The smallest absolute Gasteiger partial charge is 0.347 e. The highest BCUT2D eigenvalue weighted by molar-refractivity contribution is 5.86. The van der Waals surface area contributed by atoms with Gasteiger partial charge in [-0.25, -0.2) is 14.4 Å². The SMILES string of the molecule is CCC[C@@H]1OC(=O)[C@@H](OC(=O)/C=C/C=C/C(=O)O)CC/C=C/[C@@H](O)[C@H]1O. The molecule has 1 aliphatic heterocycles. The van der Waals surface area contributed by atoms with Crippen LogP contribution in [0.15, 0.2) is 36.5 Å². The number of aliphatic carboxylic acids is 1. The van der Waals surface area contributed by atoms with Gasteiger partial charge >= 0.3 is 17.9 Å². The van der Waals surface area contributed by atoms with Crippen LogP contribution in [0.4, 0.5) is 0 Å². The summed E-state index contributed by atoms with van der Waals surface area (Å²) in [6.07, 6.45) is 4.12. The molecule has 3 N–H and O–H groups in total. The molecule has 0 saturated carbocycles. The normalized spacial score (nSPS) is 28.7. The van der Waals surface area contributed by atoms with Crippen LogP contribution in [0.3, 0.4) is 0 Å². The topological polar surface area (TPSA) is 130 Å². The molecule has 0 aliphatic carbocycles. The van der Waals surface area contributed by atoms with Crippen LogP contribution in [0.2, 0.25) is 0 Å². The fraction of sp³-hybridized carbons (Fsp3) is 0.500. The monoisotopic (exact) mass is 368 g/mol. The van der Waals surface area contributed by atoms with Crippen LogP contribution < -0.4 is 0 Å². The average molecular weight is 368 g/mol. The van der Waals surface area contributed by atoms with Gasteiger partial charge in [0, 0.05) is 12.2 Å². The van der Waals surface area contributed by atoms with Gasteiger partial charge in [-0.3, -0.25) is 0 Å². The standard InChI is InChI=1S/C18H24O8/c1-2-7-13-17(23)12(19)8-3-4-9-14(18(24)26-13)25-16(22)11-6-5-10-15(20)21/h3,5-6,8,10-14,17,19,23H,2,4,7,9H2,1H3,(H,20,21)/b8-3+,10-5+,11-6+/t12-,13+,14+,17-/m1/s1. The molecule has 8 heteroatoms. The summed E-state index contributed by atoms with van der Waals surface area (Å²) in [5.74, 6) is -2.78. The van der Waals surface area contributed by atoms with Crippen molar-refractivity contribution in [3.8, 4) is 0 Å². The second-order valence-electron chi connectivity index (χ2n) is 5.73. The van der Waals surface area contributed by atoms with Crippen molar-refractivity contribution in [1.29, 1.82) is 0 Å². The zero-order chi connectivity index (χ0) is 19.5. The van der Waals surface area contributed by atoms with E-state index in [0.29, 0.717) is 19.3 Å². The lowest BCUT2D eigenvalue weighted by Gasteiger charge is -2.27. The Labute approximate surface area is 151 Å². The highest BCUT2D eigenvalue weighted by Gasteiger charge is 2.32. The van der Waals surface area contributed by atoms with Crippen LogP contribution in [0.25, 0.3) is 0 Å². The van der Waals surface area contributed by atoms with E-state index in [1.807, 2.05) is 6.92 Å². The van der Waals surface area contributed by atoms with Crippen LogP contribution in [0.1, 0.15) is 32.6 Å². The predicted octanol–water partition coefficient (Wildman–Crippen LogP) is 0.879. The summed E-state index contributed by atoms with van der Waals surface area (Å²) < 4.78 is 10.3. The molecule has 0 aromatic carbocycles. The van der Waals surface area contributed by atoms with Gasteiger partial charge < -0.3 is 24.8 Å². The number of hydrogen-bond donors (Lipinski definition) is 3. The first-order valence-corrected chi connectivity index (χ1v) is 8.36. The lowest BCUT2D eigenvalue weighted by molar-refractivity contribution is -0.176. The molecule has 144 valence electrons. The molecule has 0 aromatic rings. The summed E-state index contributed by atoms with van der Waals surface area (Å²) in [6, 6.07) is 0. The van der Waals surface area contributed by atoms with Crippen molar-refractivity contribution in [1.82, 2.24) is 0 Å². The first kappa shape index (κ1) is 21.6. The lowest BCUT2D eigenvalue weighted by Crippen LogP contribution is -2.42. The Kier molecular flexibility index (Phi) is 9.32. The molecule has 0 unspecified atom stereocenters. The number of carbonyl (C=O) groups excluding carboxylic acids is 2. The molecule has 1 rings (SSSR count). The van der Waals surface area contributed by atoms with Gasteiger partial charge in [0.1, 0.15) is 18.3 Å². The zero-order valence-electron chi connectivity index (χ0n) is 14.5. The van der Waals surface area contributed by atoms with Gasteiger partial charge in [0.25, 0.3) is 0 Å². The van der Waals surface area contributed by atoms with Gasteiger partial charge in [-0.1, -0.05) is 37.6 Å². The van der Waals surface area contributed by atoms with Crippen LogP contribution >= 0.6 is 0 Å². The summed E-state index contributed by atoms with van der Waals surface area (Å²) in [4.78, 5) is 34.4. The lowest BCUT2D eigenvalue weighted by atomic mass is 10.0. The van der Waals surface area contributed by atoms with Crippen molar-refractivity contribution in [3.63, 3.8) is 0 Å². The maximum Gasteiger partial charge on any atom is 0.347 e. The van der Waals surface area contributed by atoms with Crippen LogP contribution in [0.5, 0.6) is 0 Å². The Bertz CT molecular complexity index is 578. The molecule has 0 radical (unpaired) electrons. The Morgan fingerprint density at radius 2 is 2.00 bits per heavy atom. The summed E-state index contributed by atoms with van der Waals surface area (Å²) in [5.41, 5.74) is 0. The van der Waals surface area contributed by atoms with E-state index in [1.165, 1.54) is 12.2 Å². The molecule has 0 amide bonds. The second-order valence-corrected chi connectivity index (χ2v) is 5.73. The quantitative estimate of drug-likeness (QED) is 0.273. The molecule has 0 fully saturated rings. The van der Waals surface area contributed by atoms with Crippen LogP contribution in [-0.4, -0.2) is 57.6 Å². The molecule has 26 heavy (non-hydrogen) atoms. The number of cyclic esters (lactones) is 1. The Morgan fingerprint density at radius 1 is 1.31 bits per heavy atom. The second kappa shape index (κ2) is 11.2. The van der Waals surface area contributed by atoms with Crippen LogP contribution in [-0.2, 0) is 23.9 Å². The number of rotatable bonds is 6. The van der Waals surface area contributed by atoms with Crippen molar-refractivity contribution in [2.75, 3.05) is 0 Å². The minimum atomic E-state index is -1.27. The summed E-state index contributed by atoms with van der Waals surface area (Å²) in [5, 5.41) is 28.4. The van der Waals surface area contributed by atoms with E-state index in [1.54, 1.807) is 6.08 Å². The van der Waals surface area contributed by atoms with Gasteiger partial charge in [-0.2, -0.15) is 0 Å². The van der Waals surface area contributed by atoms with Crippen molar-refractivity contribution >= 4 is 17.9 Å². The molecule has 0 bridgehead atoms. The van der Waals surface area contributed by atoms with Gasteiger partial charge in [0.05, 0.1) is 0 Å². The number of carbonyl (C=O) groups is 3. The number of carboxylic acid groups (broad SMARTS) is 1. The molecule has 0 saturated heterocycles. The van der Waals surface area contributed by atoms with E-state index in [-0.39, 0.29) is 6.42 Å². The summed E-state index contributed by atoms with van der Waals surface area (Å²) in [6.45, 7) is 1.84. The fourth-order valence-corrected chi connectivity index (χ4v) is 2.30. The Balaban J connectivity index is 2.80. The highest BCUT2D eigenvalue weighted by atomic mass is 16.6. The molecule has 0 aromatic heterocycles. The molecule has 1 aliphatic rings. The fourth-order valence-electron chi connectivity index (χ4n) is 2.30. The zero-order valence-corrected chi connectivity index (χ0v) is 14.5. The maximum atomic E-state index is 12.3. The van der Waals surface area contributed by atoms with E-state index in [2.05, 4.69) is 0 Å². The highest BCUT2D eigenvalue weighted by Crippen LogP contribution is 2.17. The molecule has 8 nitrogen and oxygen atoms in total. The van der Waals surface area contributed by atoms with E-state index < -0.39 is 42.3 Å². The van der Waals surface area contributed by atoms with E-state index >= 15 is 0 Å². The van der Waals surface area contributed by atoms with E-state index in [0.717, 1.165) is 18.2 Å². The Hall–Kier alpha value is -2.45. The maximum absolute atomic E-state index is 12.3. The number of ether oxygens (including phenoxy) is 2. The first-order chi connectivity index (χ1) is 12.3. The molecule has 1 heterocycles. The summed E-state index contributed by atoms with van der Waals surface area (Å²) in [7, 11) is 0. The molecular formula is C18H24O8. The largest absolute Gasteiger partial charge is 0.478 e. The molecule has 0 spiro atoms. The number of esters is 2. The molecular weight excluding hydrogens is 344 g/mol. The number of allylic oxidation sites excluding steroid dienone is 3. The van der Waals surface area contributed by atoms with E-state index in [4.69, 9.17) is 14.6 Å². The van der Waals surface area contributed by atoms with Crippen molar-refractivity contribution < 1.29 is 39.2 Å². The minimum absolute atomic E-state index is 0.154. The first-order valence-electron chi connectivity index (χ1n) is 8.36. The van der Waals surface area contributed by atoms with Crippen molar-refractivity contribution in [2.24, 2.45) is 0 Å². The van der Waals surface area contributed by atoms with Crippen LogP contribution in [0, 0.1) is 0 Å². The predicted molar refractivity (Wildman–Crippen MR) is 91.0 cm³/mol. The third-order valence-corrected chi connectivity index (χ3v) is 3.60. The number of aliphatic hydroxyl groups is 2. The minimum Gasteiger partial charge on any atom is -0.478 e. The van der Waals surface area contributed by atoms with Gasteiger partial charge in [0.15, 0.2) is 6.10 Å². The van der Waals surface area contributed by atoms with Gasteiger partial charge in [0.2, 0.25) is 0 Å². The third-order valence-electron chi connectivity index (χ3n) is 3.60. The number of hydrogen-bond acceptors (Lipinski definition) is 7. The average Bonchev–Trinajstić information content (AvgIpc) is 2.59. The summed E-state index contributed by atoms with van der Waals surface area (Å²) >= 11 is 0. The van der Waals surface area contributed by atoms with E-state index in [9.17, 15) is 24.6 Å². The number of carboxylic acids is 1. The number of aliphatic hydroxyl groups excluding tert-OH is 2. The molecule has 4 atom stereocenters. The third kappa shape index (κ3) is 7.62.